The minimum atomic E-state index is -0.532. The van der Waals surface area contributed by atoms with E-state index in [1.165, 1.54) is 12.1 Å². The number of halogens is 2. The van der Waals surface area contributed by atoms with Crippen LogP contribution in [0.15, 0.2) is 22.7 Å². The van der Waals surface area contributed by atoms with Crippen molar-refractivity contribution in [2.75, 3.05) is 13.1 Å². The SMILES string of the molecule is CCN(CC)C(C)(C)C(=O)Cc1cc(F)ccc1Br. The fraction of sp³-hybridized carbons (Fsp3) is 0.533. The summed E-state index contributed by atoms with van der Waals surface area (Å²) < 4.78 is 14.0. The van der Waals surface area contributed by atoms with E-state index in [0.717, 1.165) is 17.6 Å². The van der Waals surface area contributed by atoms with Gasteiger partial charge in [0.2, 0.25) is 0 Å². The number of likely N-dealkylation sites (N-methyl/N-ethyl adjacent to an activating group) is 1. The molecule has 0 amide bonds. The Hall–Kier alpha value is -0.740. The van der Waals surface area contributed by atoms with E-state index >= 15 is 0 Å². The molecule has 0 atom stereocenters. The molecule has 0 heterocycles. The van der Waals surface area contributed by atoms with Crippen molar-refractivity contribution < 1.29 is 9.18 Å². The van der Waals surface area contributed by atoms with Crippen LogP contribution in [-0.2, 0) is 11.2 Å². The van der Waals surface area contributed by atoms with Gasteiger partial charge in [-0.25, -0.2) is 4.39 Å². The summed E-state index contributed by atoms with van der Waals surface area (Å²) in [6.07, 6.45) is 0.238. The molecule has 0 aromatic heterocycles. The van der Waals surface area contributed by atoms with Gasteiger partial charge < -0.3 is 0 Å². The van der Waals surface area contributed by atoms with Crippen molar-refractivity contribution in [2.45, 2.75) is 39.7 Å². The number of benzene rings is 1. The summed E-state index contributed by atoms with van der Waals surface area (Å²) in [5.74, 6) is -0.214. The molecular formula is C15H21BrFNO. The monoisotopic (exact) mass is 329 g/mol. The minimum absolute atomic E-state index is 0.0995. The van der Waals surface area contributed by atoms with E-state index in [-0.39, 0.29) is 18.0 Å². The topological polar surface area (TPSA) is 20.3 Å². The van der Waals surface area contributed by atoms with Crippen LogP contribution < -0.4 is 0 Å². The third-order valence-corrected chi connectivity index (χ3v) is 4.37. The molecule has 0 aliphatic heterocycles. The van der Waals surface area contributed by atoms with Gasteiger partial charge in [0.15, 0.2) is 5.78 Å². The van der Waals surface area contributed by atoms with Crippen molar-refractivity contribution in [1.82, 2.24) is 4.90 Å². The average molecular weight is 330 g/mol. The van der Waals surface area contributed by atoms with Crippen LogP contribution in [0.25, 0.3) is 0 Å². The van der Waals surface area contributed by atoms with Gasteiger partial charge in [-0.05, 0) is 50.7 Å². The Bertz CT molecular complexity index is 455. The number of Topliss-reactive ketones (excluding diaryl/α,β-unsaturated/α-hetero) is 1. The highest BCUT2D eigenvalue weighted by atomic mass is 79.9. The van der Waals surface area contributed by atoms with Crippen LogP contribution in [0.4, 0.5) is 4.39 Å². The third kappa shape index (κ3) is 3.86. The molecule has 0 saturated heterocycles. The largest absolute Gasteiger partial charge is 0.297 e. The molecule has 0 fully saturated rings. The number of carbonyl (C=O) groups excluding carboxylic acids is 1. The van der Waals surface area contributed by atoms with E-state index in [2.05, 4.69) is 20.8 Å². The van der Waals surface area contributed by atoms with Crippen LogP contribution in [-0.4, -0.2) is 29.3 Å². The first-order valence-electron chi connectivity index (χ1n) is 6.55. The summed E-state index contributed by atoms with van der Waals surface area (Å²) >= 11 is 3.36. The first kappa shape index (κ1) is 16.3. The molecule has 2 nitrogen and oxygen atoms in total. The quantitative estimate of drug-likeness (QED) is 0.790. The second-order valence-electron chi connectivity index (χ2n) is 5.07. The van der Waals surface area contributed by atoms with Crippen LogP contribution in [0.1, 0.15) is 33.3 Å². The highest BCUT2D eigenvalue weighted by Crippen LogP contribution is 2.23. The standard InChI is InChI=1S/C15H21BrFNO/c1-5-18(6-2)15(3,4)14(19)10-11-9-12(17)7-8-13(11)16/h7-9H,5-6,10H2,1-4H3. The Kier molecular flexibility index (Phi) is 5.68. The maximum Gasteiger partial charge on any atom is 0.156 e. The minimum Gasteiger partial charge on any atom is -0.297 e. The molecule has 0 N–H and O–H groups in total. The Morgan fingerprint density at radius 2 is 1.89 bits per heavy atom. The van der Waals surface area contributed by atoms with Crippen LogP contribution in [0.3, 0.4) is 0 Å². The summed E-state index contributed by atoms with van der Waals surface area (Å²) in [6.45, 7) is 9.57. The summed E-state index contributed by atoms with van der Waals surface area (Å²) in [6, 6.07) is 4.44. The first-order chi connectivity index (χ1) is 8.82. The molecule has 106 valence electrons. The molecule has 4 heteroatoms. The van der Waals surface area contributed by atoms with E-state index in [9.17, 15) is 9.18 Å². The van der Waals surface area contributed by atoms with Gasteiger partial charge in [-0.1, -0.05) is 29.8 Å². The summed E-state index contributed by atoms with van der Waals surface area (Å²) in [4.78, 5) is 14.6. The van der Waals surface area contributed by atoms with Gasteiger partial charge in [0.05, 0.1) is 5.54 Å². The number of nitrogens with zero attached hydrogens (tertiary/aromatic N) is 1. The number of carbonyl (C=O) groups is 1. The molecule has 0 spiro atoms. The van der Waals surface area contributed by atoms with E-state index in [0.29, 0.717) is 5.56 Å². The van der Waals surface area contributed by atoms with Crippen molar-refractivity contribution in [1.29, 1.82) is 0 Å². The van der Waals surface area contributed by atoms with Crippen molar-refractivity contribution in [3.05, 3.63) is 34.1 Å². The number of hydrogen-bond donors (Lipinski definition) is 0. The van der Waals surface area contributed by atoms with E-state index in [4.69, 9.17) is 0 Å². The fourth-order valence-corrected chi connectivity index (χ4v) is 2.65. The van der Waals surface area contributed by atoms with E-state index in [1.807, 2.05) is 27.7 Å². The van der Waals surface area contributed by atoms with Gasteiger partial charge in [-0.3, -0.25) is 9.69 Å². The second kappa shape index (κ2) is 6.62. The summed E-state index contributed by atoms with van der Waals surface area (Å²) in [5, 5.41) is 0. The van der Waals surface area contributed by atoms with Crippen molar-refractivity contribution >= 4 is 21.7 Å². The van der Waals surface area contributed by atoms with Crippen LogP contribution >= 0.6 is 15.9 Å². The van der Waals surface area contributed by atoms with Crippen molar-refractivity contribution in [3.63, 3.8) is 0 Å². The average Bonchev–Trinajstić information content (AvgIpc) is 2.35. The lowest BCUT2D eigenvalue weighted by molar-refractivity contribution is -0.128. The van der Waals surface area contributed by atoms with Crippen LogP contribution in [0, 0.1) is 5.82 Å². The summed E-state index contributed by atoms with van der Waals surface area (Å²) in [5.41, 5.74) is 0.167. The van der Waals surface area contributed by atoms with Gasteiger partial charge in [-0.2, -0.15) is 0 Å². The maximum atomic E-state index is 13.2. The number of ketones is 1. The zero-order chi connectivity index (χ0) is 14.6. The lowest BCUT2D eigenvalue weighted by Crippen LogP contribution is -2.50. The Balaban J connectivity index is 2.92. The lowest BCUT2D eigenvalue weighted by Gasteiger charge is -2.36. The fourth-order valence-electron chi connectivity index (χ4n) is 2.26. The number of hydrogen-bond acceptors (Lipinski definition) is 2. The Labute approximate surface area is 123 Å². The highest BCUT2D eigenvalue weighted by molar-refractivity contribution is 9.10. The van der Waals surface area contributed by atoms with Gasteiger partial charge in [0.25, 0.3) is 0 Å². The van der Waals surface area contributed by atoms with Crippen molar-refractivity contribution in [2.24, 2.45) is 0 Å². The molecule has 1 aromatic carbocycles. The van der Waals surface area contributed by atoms with Crippen LogP contribution in [0.5, 0.6) is 0 Å². The zero-order valence-corrected chi connectivity index (χ0v) is 13.6. The maximum absolute atomic E-state index is 13.2. The zero-order valence-electron chi connectivity index (χ0n) is 12.0. The lowest BCUT2D eigenvalue weighted by atomic mass is 9.91. The summed E-state index contributed by atoms with van der Waals surface area (Å²) in [7, 11) is 0. The molecule has 0 unspecified atom stereocenters. The van der Waals surface area contributed by atoms with Gasteiger partial charge in [0, 0.05) is 10.9 Å². The molecule has 0 bridgehead atoms. The van der Waals surface area contributed by atoms with E-state index in [1.54, 1.807) is 6.07 Å². The Morgan fingerprint density at radius 3 is 2.42 bits per heavy atom. The third-order valence-electron chi connectivity index (χ3n) is 3.60. The predicted octanol–water partition coefficient (Wildman–Crippen LogP) is 3.82. The van der Waals surface area contributed by atoms with Crippen LogP contribution in [0.2, 0.25) is 0 Å². The van der Waals surface area contributed by atoms with Gasteiger partial charge >= 0.3 is 0 Å². The van der Waals surface area contributed by atoms with Gasteiger partial charge in [-0.15, -0.1) is 0 Å². The number of rotatable bonds is 6. The smallest absolute Gasteiger partial charge is 0.156 e. The molecule has 19 heavy (non-hydrogen) atoms. The predicted molar refractivity (Wildman–Crippen MR) is 79.8 cm³/mol. The van der Waals surface area contributed by atoms with E-state index < -0.39 is 5.54 Å². The highest BCUT2D eigenvalue weighted by Gasteiger charge is 2.32. The molecular weight excluding hydrogens is 309 g/mol. The molecule has 1 rings (SSSR count). The van der Waals surface area contributed by atoms with Crippen molar-refractivity contribution in [3.8, 4) is 0 Å². The molecule has 1 aromatic rings. The first-order valence-corrected chi connectivity index (χ1v) is 7.34. The second-order valence-corrected chi connectivity index (χ2v) is 5.92. The molecule has 0 aliphatic carbocycles. The van der Waals surface area contributed by atoms with Gasteiger partial charge in [0.1, 0.15) is 5.82 Å². The normalized spacial score (nSPS) is 11.9. The Morgan fingerprint density at radius 1 is 1.32 bits per heavy atom. The molecule has 0 saturated carbocycles. The molecule has 0 aliphatic rings. The molecule has 0 radical (unpaired) electrons.